The number of benzene rings is 1. The van der Waals surface area contributed by atoms with E-state index in [1.165, 1.54) is 0 Å². The Morgan fingerprint density at radius 1 is 1.32 bits per heavy atom. The number of hydrogen-bond donors (Lipinski definition) is 2. The molecule has 3 rings (SSSR count). The quantitative estimate of drug-likeness (QED) is 0.895. The molecule has 2 heterocycles. The molecular weight excluding hydrogens is 314 g/mol. The Morgan fingerprint density at radius 3 is 2.88 bits per heavy atom. The number of aryl methyl sites for hydroxylation is 1. The molecule has 1 aromatic carbocycles. The van der Waals surface area contributed by atoms with Crippen molar-refractivity contribution in [1.29, 1.82) is 0 Å². The van der Waals surface area contributed by atoms with E-state index in [9.17, 15) is 4.79 Å². The average Bonchev–Trinajstić information content (AvgIpc) is 2.63. The monoisotopic (exact) mass is 339 g/mol. The van der Waals surface area contributed by atoms with E-state index in [0.29, 0.717) is 23.8 Å². The van der Waals surface area contributed by atoms with E-state index in [1.807, 2.05) is 48.2 Å². The first-order chi connectivity index (χ1) is 12.1. The number of amides is 1. The molecule has 1 aromatic heterocycles. The van der Waals surface area contributed by atoms with Crippen LogP contribution in [-0.2, 0) is 0 Å². The number of rotatable bonds is 4. The number of nitrogens with zero attached hydrogens (tertiary/aromatic N) is 3. The summed E-state index contributed by atoms with van der Waals surface area (Å²) in [4.78, 5) is 14.9. The lowest BCUT2D eigenvalue weighted by Crippen LogP contribution is -2.49. The lowest BCUT2D eigenvalue weighted by molar-refractivity contribution is 0.0573. The number of aromatic nitrogens is 2. The van der Waals surface area contributed by atoms with Gasteiger partial charge in [-0.05, 0) is 56.0 Å². The molecule has 2 atom stereocenters. The van der Waals surface area contributed by atoms with Gasteiger partial charge in [0.2, 0.25) is 0 Å². The molecule has 1 aliphatic rings. The number of carbonyl (C=O) groups excluding carboxylic acids is 1. The zero-order valence-corrected chi connectivity index (χ0v) is 14.8. The fourth-order valence-electron chi connectivity index (χ4n) is 3.25. The molecule has 6 heteroatoms. The second-order valence-corrected chi connectivity index (χ2v) is 6.78. The Hall–Kier alpha value is -2.47. The van der Waals surface area contributed by atoms with Gasteiger partial charge in [-0.25, -0.2) is 0 Å². The minimum atomic E-state index is 0.0426. The molecule has 1 saturated heterocycles. The number of carbonyl (C=O) groups is 1. The van der Waals surface area contributed by atoms with E-state index in [2.05, 4.69) is 22.4 Å². The lowest BCUT2D eigenvalue weighted by Gasteiger charge is -2.38. The normalized spacial score (nSPS) is 20.4. The van der Waals surface area contributed by atoms with Crippen molar-refractivity contribution in [2.24, 2.45) is 11.7 Å². The van der Waals surface area contributed by atoms with Crippen molar-refractivity contribution in [2.45, 2.75) is 32.7 Å². The van der Waals surface area contributed by atoms with Crippen LogP contribution in [0.4, 0.5) is 11.5 Å². The van der Waals surface area contributed by atoms with E-state index in [1.54, 1.807) is 0 Å². The van der Waals surface area contributed by atoms with Crippen LogP contribution in [0.2, 0.25) is 0 Å². The van der Waals surface area contributed by atoms with Crippen LogP contribution in [0, 0.1) is 12.8 Å². The molecular formula is C19H25N5O. The highest BCUT2D eigenvalue weighted by Crippen LogP contribution is 2.25. The second-order valence-electron chi connectivity index (χ2n) is 6.78. The van der Waals surface area contributed by atoms with Gasteiger partial charge in [0.05, 0.1) is 5.69 Å². The zero-order chi connectivity index (χ0) is 17.8. The van der Waals surface area contributed by atoms with Crippen LogP contribution in [0.5, 0.6) is 0 Å². The standard InChI is InChI=1S/C19H25N5O/c1-13-8-9-24(17(10-13)12-20)19(25)15-4-3-5-16(11-15)21-18-7-6-14(2)22-23-18/h3-7,11,13,17H,8-10,12,20H2,1-2H3,(H,21,23). The van der Waals surface area contributed by atoms with E-state index < -0.39 is 0 Å². The van der Waals surface area contributed by atoms with Crippen LogP contribution in [-0.4, -0.2) is 40.1 Å². The first-order valence-electron chi connectivity index (χ1n) is 8.75. The summed E-state index contributed by atoms with van der Waals surface area (Å²) in [6.07, 6.45) is 2.00. The summed E-state index contributed by atoms with van der Waals surface area (Å²) >= 11 is 0. The molecule has 6 nitrogen and oxygen atoms in total. The van der Waals surface area contributed by atoms with Crippen LogP contribution in [0.15, 0.2) is 36.4 Å². The van der Waals surface area contributed by atoms with E-state index in [-0.39, 0.29) is 11.9 Å². The maximum Gasteiger partial charge on any atom is 0.254 e. The Labute approximate surface area is 148 Å². The summed E-state index contributed by atoms with van der Waals surface area (Å²) in [5.41, 5.74) is 8.24. The molecule has 132 valence electrons. The molecule has 1 fully saturated rings. The van der Waals surface area contributed by atoms with Gasteiger partial charge in [-0.15, -0.1) is 5.10 Å². The van der Waals surface area contributed by atoms with Crippen molar-refractivity contribution >= 4 is 17.4 Å². The topological polar surface area (TPSA) is 84.1 Å². The Morgan fingerprint density at radius 2 is 2.16 bits per heavy atom. The van der Waals surface area contributed by atoms with E-state index >= 15 is 0 Å². The summed E-state index contributed by atoms with van der Waals surface area (Å²) in [6, 6.07) is 11.4. The summed E-state index contributed by atoms with van der Waals surface area (Å²) in [7, 11) is 0. The van der Waals surface area contributed by atoms with Crippen LogP contribution in [0.1, 0.15) is 35.8 Å². The highest BCUT2D eigenvalue weighted by atomic mass is 16.2. The highest BCUT2D eigenvalue weighted by molar-refractivity contribution is 5.95. The molecule has 0 radical (unpaired) electrons. The van der Waals surface area contributed by atoms with Crippen LogP contribution < -0.4 is 11.1 Å². The van der Waals surface area contributed by atoms with Gasteiger partial charge < -0.3 is 16.0 Å². The van der Waals surface area contributed by atoms with Gasteiger partial charge >= 0.3 is 0 Å². The first kappa shape index (κ1) is 17.4. The van der Waals surface area contributed by atoms with Crippen molar-refractivity contribution in [2.75, 3.05) is 18.4 Å². The molecule has 25 heavy (non-hydrogen) atoms. The van der Waals surface area contributed by atoms with Crippen LogP contribution >= 0.6 is 0 Å². The minimum Gasteiger partial charge on any atom is -0.339 e. The summed E-state index contributed by atoms with van der Waals surface area (Å²) in [5.74, 6) is 1.31. The predicted octanol–water partition coefficient (Wildman–Crippen LogP) is 2.73. The van der Waals surface area contributed by atoms with Crippen molar-refractivity contribution in [3.63, 3.8) is 0 Å². The van der Waals surface area contributed by atoms with Crippen molar-refractivity contribution < 1.29 is 4.79 Å². The van der Waals surface area contributed by atoms with Gasteiger partial charge in [0.15, 0.2) is 5.82 Å². The van der Waals surface area contributed by atoms with Gasteiger partial charge in [0.25, 0.3) is 5.91 Å². The van der Waals surface area contributed by atoms with Crippen molar-refractivity contribution in [3.8, 4) is 0 Å². The summed E-state index contributed by atoms with van der Waals surface area (Å²) in [5, 5.41) is 11.3. The molecule has 1 amide bonds. The number of likely N-dealkylation sites (tertiary alicyclic amines) is 1. The second kappa shape index (κ2) is 7.61. The van der Waals surface area contributed by atoms with Gasteiger partial charge in [-0.1, -0.05) is 13.0 Å². The molecule has 0 bridgehead atoms. The van der Waals surface area contributed by atoms with E-state index in [0.717, 1.165) is 30.8 Å². The van der Waals surface area contributed by atoms with E-state index in [4.69, 9.17) is 5.73 Å². The van der Waals surface area contributed by atoms with Crippen LogP contribution in [0.3, 0.4) is 0 Å². The average molecular weight is 339 g/mol. The fraction of sp³-hybridized carbons (Fsp3) is 0.421. The molecule has 2 unspecified atom stereocenters. The Balaban J connectivity index is 1.76. The molecule has 0 spiro atoms. The van der Waals surface area contributed by atoms with Gasteiger partial charge in [0.1, 0.15) is 0 Å². The smallest absolute Gasteiger partial charge is 0.254 e. The van der Waals surface area contributed by atoms with Crippen molar-refractivity contribution in [1.82, 2.24) is 15.1 Å². The Kier molecular flexibility index (Phi) is 5.28. The Bertz CT molecular complexity index is 731. The molecule has 0 aliphatic carbocycles. The third-order valence-electron chi connectivity index (χ3n) is 4.69. The number of nitrogens with two attached hydrogens (primary N) is 1. The third kappa shape index (κ3) is 4.14. The maximum absolute atomic E-state index is 12.9. The van der Waals surface area contributed by atoms with Gasteiger partial charge in [-0.2, -0.15) is 5.10 Å². The fourth-order valence-corrected chi connectivity index (χ4v) is 3.25. The summed E-state index contributed by atoms with van der Waals surface area (Å²) in [6.45, 7) is 5.39. The van der Waals surface area contributed by atoms with Crippen molar-refractivity contribution in [3.05, 3.63) is 47.7 Å². The zero-order valence-electron chi connectivity index (χ0n) is 14.8. The first-order valence-corrected chi connectivity index (χ1v) is 8.75. The van der Waals surface area contributed by atoms with Crippen LogP contribution in [0.25, 0.3) is 0 Å². The number of piperidine rings is 1. The molecule has 3 N–H and O–H groups in total. The van der Waals surface area contributed by atoms with Gasteiger partial charge in [0, 0.05) is 30.4 Å². The largest absolute Gasteiger partial charge is 0.339 e. The predicted molar refractivity (Wildman–Crippen MR) is 98.8 cm³/mol. The third-order valence-corrected chi connectivity index (χ3v) is 4.69. The number of anilines is 2. The molecule has 2 aromatic rings. The lowest BCUT2D eigenvalue weighted by atomic mass is 9.92. The number of nitrogens with one attached hydrogen (secondary N) is 1. The highest BCUT2D eigenvalue weighted by Gasteiger charge is 2.29. The SMILES string of the molecule is Cc1ccc(Nc2cccc(C(=O)N3CCC(C)CC3CN)c2)nn1. The minimum absolute atomic E-state index is 0.0426. The summed E-state index contributed by atoms with van der Waals surface area (Å²) < 4.78 is 0. The van der Waals surface area contributed by atoms with Gasteiger partial charge in [-0.3, -0.25) is 4.79 Å². The number of hydrogen-bond acceptors (Lipinski definition) is 5. The molecule has 1 aliphatic heterocycles. The maximum atomic E-state index is 12.9. The molecule has 0 saturated carbocycles.